The Morgan fingerprint density at radius 3 is 2.64 bits per heavy atom. The van der Waals surface area contributed by atoms with Crippen molar-refractivity contribution in [3.63, 3.8) is 0 Å². The number of hydrogen-bond acceptors (Lipinski definition) is 5. The van der Waals surface area contributed by atoms with Gasteiger partial charge in [-0.1, -0.05) is 17.7 Å². The summed E-state index contributed by atoms with van der Waals surface area (Å²) in [6.07, 6.45) is 0. The number of carbonyl (C=O) groups excluding carboxylic acids is 1. The van der Waals surface area contributed by atoms with Crippen LogP contribution < -0.4 is 5.56 Å². The fraction of sp³-hybridized carbons (Fsp3) is 0.421. The van der Waals surface area contributed by atoms with Crippen LogP contribution in [0.1, 0.15) is 16.1 Å². The lowest BCUT2D eigenvalue weighted by Gasteiger charge is -2.34. The number of rotatable bonds is 6. The Labute approximate surface area is 167 Å². The van der Waals surface area contributed by atoms with E-state index in [1.54, 1.807) is 18.1 Å². The van der Waals surface area contributed by atoms with Crippen LogP contribution in [0.25, 0.3) is 0 Å². The van der Waals surface area contributed by atoms with Gasteiger partial charge < -0.3 is 9.64 Å². The summed E-state index contributed by atoms with van der Waals surface area (Å²) in [6, 6.07) is 7.19. The number of piperazine rings is 1. The first-order valence-electron chi connectivity index (χ1n) is 9.00. The van der Waals surface area contributed by atoms with Crippen LogP contribution in [0.4, 0.5) is 4.39 Å². The lowest BCUT2D eigenvalue weighted by atomic mass is 10.2. The van der Waals surface area contributed by atoms with Gasteiger partial charge >= 0.3 is 0 Å². The Hall–Kier alpha value is -2.29. The van der Waals surface area contributed by atoms with E-state index < -0.39 is 0 Å². The molecule has 0 unspecified atom stereocenters. The van der Waals surface area contributed by atoms with Gasteiger partial charge in [0, 0.05) is 50.9 Å². The van der Waals surface area contributed by atoms with E-state index in [-0.39, 0.29) is 23.0 Å². The summed E-state index contributed by atoms with van der Waals surface area (Å²) >= 11 is 6.10. The minimum Gasteiger partial charge on any atom is -0.383 e. The summed E-state index contributed by atoms with van der Waals surface area (Å²) in [5.41, 5.74) is 0.829. The molecule has 1 aliphatic heterocycles. The molecule has 150 valence electrons. The molecule has 2 heterocycles. The number of nitrogens with zero attached hydrogens (tertiary/aromatic N) is 4. The van der Waals surface area contributed by atoms with Gasteiger partial charge in [0.1, 0.15) is 11.5 Å². The molecule has 1 aromatic heterocycles. The Balaban J connectivity index is 1.60. The van der Waals surface area contributed by atoms with E-state index in [4.69, 9.17) is 16.3 Å². The third-order valence-corrected chi connectivity index (χ3v) is 5.01. The molecule has 3 rings (SSSR count). The maximum Gasteiger partial charge on any atom is 0.274 e. The van der Waals surface area contributed by atoms with Gasteiger partial charge in [-0.05, 0) is 23.8 Å². The second-order valence-corrected chi connectivity index (χ2v) is 6.98. The Morgan fingerprint density at radius 2 is 1.96 bits per heavy atom. The largest absolute Gasteiger partial charge is 0.383 e. The van der Waals surface area contributed by atoms with E-state index in [1.165, 1.54) is 28.9 Å². The Morgan fingerprint density at radius 1 is 1.21 bits per heavy atom. The van der Waals surface area contributed by atoms with Crippen molar-refractivity contribution in [1.82, 2.24) is 19.6 Å². The molecule has 0 atom stereocenters. The van der Waals surface area contributed by atoms with Crippen molar-refractivity contribution >= 4 is 17.5 Å². The molecule has 1 aliphatic rings. The number of aromatic nitrogens is 2. The fourth-order valence-corrected chi connectivity index (χ4v) is 3.29. The zero-order valence-electron chi connectivity index (χ0n) is 15.6. The van der Waals surface area contributed by atoms with E-state index in [0.29, 0.717) is 50.9 Å². The number of carbonyl (C=O) groups is 1. The first-order valence-corrected chi connectivity index (χ1v) is 9.38. The number of methoxy groups -OCH3 is 1. The molecule has 0 spiro atoms. The van der Waals surface area contributed by atoms with Crippen LogP contribution in [0.3, 0.4) is 0 Å². The van der Waals surface area contributed by atoms with Crippen molar-refractivity contribution in [2.45, 2.75) is 13.1 Å². The summed E-state index contributed by atoms with van der Waals surface area (Å²) < 4.78 is 19.4. The molecule has 1 fully saturated rings. The maximum absolute atomic E-state index is 13.2. The van der Waals surface area contributed by atoms with Gasteiger partial charge in [0.25, 0.3) is 11.5 Å². The average molecular weight is 409 g/mol. The van der Waals surface area contributed by atoms with E-state index in [0.717, 1.165) is 5.56 Å². The lowest BCUT2D eigenvalue weighted by Crippen LogP contribution is -2.48. The normalized spacial score (nSPS) is 15.0. The molecule has 28 heavy (non-hydrogen) atoms. The van der Waals surface area contributed by atoms with Crippen LogP contribution in [-0.2, 0) is 17.8 Å². The van der Waals surface area contributed by atoms with Gasteiger partial charge in [0.05, 0.1) is 13.2 Å². The molecule has 1 aromatic carbocycles. The zero-order chi connectivity index (χ0) is 20.1. The highest BCUT2D eigenvalue weighted by Gasteiger charge is 2.24. The predicted molar refractivity (Wildman–Crippen MR) is 103 cm³/mol. The first-order chi connectivity index (χ1) is 13.5. The SMILES string of the molecule is COCCn1nc(C(=O)N2CCN(Cc3ccc(F)cc3Cl)CC2)ccc1=O. The molecule has 0 radical (unpaired) electrons. The van der Waals surface area contributed by atoms with Crippen molar-refractivity contribution in [1.29, 1.82) is 0 Å². The third kappa shape index (κ3) is 4.95. The van der Waals surface area contributed by atoms with Crippen LogP contribution in [-0.4, -0.2) is 65.4 Å². The molecule has 0 bridgehead atoms. The fourth-order valence-electron chi connectivity index (χ4n) is 3.06. The molecular weight excluding hydrogens is 387 g/mol. The maximum atomic E-state index is 13.2. The molecule has 0 saturated carbocycles. The van der Waals surface area contributed by atoms with Gasteiger partial charge in [0.15, 0.2) is 0 Å². The average Bonchev–Trinajstić information content (AvgIpc) is 2.69. The molecular formula is C19H22ClFN4O3. The number of amides is 1. The molecule has 1 saturated heterocycles. The number of hydrogen-bond donors (Lipinski definition) is 0. The van der Waals surface area contributed by atoms with Crippen LogP contribution in [0.5, 0.6) is 0 Å². The highest BCUT2D eigenvalue weighted by atomic mass is 35.5. The van der Waals surface area contributed by atoms with Crippen molar-refractivity contribution in [3.05, 3.63) is 62.8 Å². The van der Waals surface area contributed by atoms with E-state index in [9.17, 15) is 14.0 Å². The molecule has 7 nitrogen and oxygen atoms in total. The van der Waals surface area contributed by atoms with Crippen molar-refractivity contribution < 1.29 is 13.9 Å². The highest BCUT2D eigenvalue weighted by molar-refractivity contribution is 6.31. The molecule has 0 N–H and O–H groups in total. The summed E-state index contributed by atoms with van der Waals surface area (Å²) in [4.78, 5) is 28.4. The van der Waals surface area contributed by atoms with E-state index in [1.807, 2.05) is 0 Å². The zero-order valence-corrected chi connectivity index (χ0v) is 16.4. The van der Waals surface area contributed by atoms with Crippen molar-refractivity contribution in [2.75, 3.05) is 39.9 Å². The second-order valence-electron chi connectivity index (χ2n) is 6.58. The van der Waals surface area contributed by atoms with Crippen LogP contribution in [0, 0.1) is 5.82 Å². The van der Waals surface area contributed by atoms with E-state index >= 15 is 0 Å². The molecule has 0 aliphatic carbocycles. The Bertz CT molecular complexity index is 897. The van der Waals surface area contributed by atoms with Gasteiger partial charge in [-0.15, -0.1) is 0 Å². The molecule has 2 aromatic rings. The standard InChI is InChI=1S/C19H22ClFN4O3/c1-28-11-10-25-18(26)5-4-17(22-25)19(27)24-8-6-23(7-9-24)13-14-2-3-15(21)12-16(14)20/h2-5,12H,6-11,13H2,1H3. The van der Waals surface area contributed by atoms with Gasteiger partial charge in [-0.2, -0.15) is 5.10 Å². The topological polar surface area (TPSA) is 67.7 Å². The lowest BCUT2D eigenvalue weighted by molar-refractivity contribution is 0.0619. The second kappa shape index (κ2) is 9.27. The first kappa shape index (κ1) is 20.4. The van der Waals surface area contributed by atoms with Crippen molar-refractivity contribution in [2.24, 2.45) is 0 Å². The Kier molecular flexibility index (Phi) is 6.77. The number of halogens is 2. The van der Waals surface area contributed by atoms with Crippen molar-refractivity contribution in [3.8, 4) is 0 Å². The number of ether oxygens (including phenoxy) is 1. The third-order valence-electron chi connectivity index (χ3n) is 4.66. The van der Waals surface area contributed by atoms with Gasteiger partial charge in [0.2, 0.25) is 0 Å². The summed E-state index contributed by atoms with van der Waals surface area (Å²) in [5, 5.41) is 4.56. The molecule has 1 amide bonds. The summed E-state index contributed by atoms with van der Waals surface area (Å²) in [7, 11) is 1.54. The summed E-state index contributed by atoms with van der Waals surface area (Å²) in [6.45, 7) is 3.65. The van der Waals surface area contributed by atoms with E-state index in [2.05, 4.69) is 10.00 Å². The quantitative estimate of drug-likeness (QED) is 0.727. The highest BCUT2D eigenvalue weighted by Crippen LogP contribution is 2.20. The van der Waals surface area contributed by atoms with Crippen LogP contribution in [0.2, 0.25) is 5.02 Å². The monoisotopic (exact) mass is 408 g/mol. The molecule has 9 heteroatoms. The smallest absolute Gasteiger partial charge is 0.274 e. The van der Waals surface area contributed by atoms with Gasteiger partial charge in [-0.3, -0.25) is 14.5 Å². The van der Waals surface area contributed by atoms with Crippen LogP contribution >= 0.6 is 11.6 Å². The summed E-state index contributed by atoms with van der Waals surface area (Å²) in [5.74, 6) is -0.561. The van der Waals surface area contributed by atoms with Gasteiger partial charge in [-0.25, -0.2) is 9.07 Å². The number of benzene rings is 1. The van der Waals surface area contributed by atoms with Crippen LogP contribution in [0.15, 0.2) is 35.1 Å². The minimum absolute atomic E-state index is 0.203. The predicted octanol–water partition coefficient (Wildman–Crippen LogP) is 1.64. The minimum atomic E-state index is -0.358.